The van der Waals surface area contributed by atoms with Crippen LogP contribution >= 0.6 is 0 Å². The van der Waals surface area contributed by atoms with Crippen LogP contribution in [0.5, 0.6) is 0 Å². The van der Waals surface area contributed by atoms with Crippen molar-refractivity contribution >= 4 is 13.9 Å². The van der Waals surface area contributed by atoms with Crippen LogP contribution in [0.1, 0.15) is 0 Å². The Morgan fingerprint density at radius 3 is 2.67 bits per heavy atom. The van der Waals surface area contributed by atoms with E-state index < -0.39 is 17.5 Å². The third-order valence-electron chi connectivity index (χ3n) is 2.80. The highest BCUT2D eigenvalue weighted by molar-refractivity contribution is 6.19. The molecule has 2 aliphatic rings. The number of nitrogens with one attached hydrogen (secondary N) is 1. The second kappa shape index (κ2) is 4.22. The Labute approximate surface area is 103 Å². The molecule has 94 valence electrons. The van der Waals surface area contributed by atoms with Gasteiger partial charge in [0, 0.05) is 18.8 Å². The molecule has 2 rings (SSSR count). The van der Waals surface area contributed by atoms with Crippen LogP contribution in [0, 0.1) is 0 Å². The molecule has 2 radical (unpaired) electrons. The van der Waals surface area contributed by atoms with Gasteiger partial charge in [0.1, 0.15) is 0 Å². The summed E-state index contributed by atoms with van der Waals surface area (Å²) in [5.74, 6) is 0. The number of rotatable bonds is 1. The first-order valence-corrected chi connectivity index (χ1v) is 5.33. The predicted octanol–water partition coefficient (Wildman–Crippen LogP) is 1.91. The number of amides is 2. The Hall–Kier alpha value is -1.66. The third-order valence-corrected chi connectivity index (χ3v) is 2.80. The number of carbonyl (C=O) groups excluding carboxylic acids is 1. The Balaban J connectivity index is 2.38. The van der Waals surface area contributed by atoms with Crippen molar-refractivity contribution in [2.75, 3.05) is 13.1 Å². The molecule has 1 unspecified atom stereocenters. The lowest BCUT2D eigenvalue weighted by Gasteiger charge is -2.27. The number of hydrogen-bond acceptors (Lipinski definition) is 1. The average molecular weight is 254 g/mol. The Bertz CT molecular complexity index is 456. The molecule has 0 aromatic rings. The fourth-order valence-electron chi connectivity index (χ4n) is 1.77. The maximum Gasteiger partial charge on any atom is 0.393 e. The van der Waals surface area contributed by atoms with Crippen molar-refractivity contribution in [3.05, 3.63) is 36.1 Å². The number of halogens is 3. The van der Waals surface area contributed by atoms with E-state index in [1.165, 1.54) is 23.1 Å². The monoisotopic (exact) mass is 254 g/mol. The Kier molecular flexibility index (Phi) is 3.00. The van der Waals surface area contributed by atoms with Gasteiger partial charge in [0.05, 0.1) is 13.2 Å². The van der Waals surface area contributed by atoms with Crippen LogP contribution in [0.25, 0.3) is 0 Å². The van der Waals surface area contributed by atoms with Crippen molar-refractivity contribution in [3.8, 4) is 0 Å². The van der Waals surface area contributed by atoms with Gasteiger partial charge in [-0.25, -0.2) is 4.79 Å². The van der Waals surface area contributed by atoms with Crippen molar-refractivity contribution in [2.45, 2.75) is 11.5 Å². The second-order valence-corrected chi connectivity index (χ2v) is 4.10. The van der Waals surface area contributed by atoms with E-state index in [2.05, 4.69) is 5.32 Å². The lowest BCUT2D eigenvalue weighted by Crippen LogP contribution is -2.31. The predicted molar refractivity (Wildman–Crippen MR) is 61.0 cm³/mol. The summed E-state index contributed by atoms with van der Waals surface area (Å²) in [7, 11) is 5.35. The number of alkyl halides is 3. The van der Waals surface area contributed by atoms with Crippen molar-refractivity contribution in [2.24, 2.45) is 0 Å². The third kappa shape index (κ3) is 2.17. The molecule has 7 heteroatoms. The zero-order valence-electron chi connectivity index (χ0n) is 9.37. The molecule has 0 saturated carbocycles. The van der Waals surface area contributed by atoms with Gasteiger partial charge in [0.15, 0.2) is 0 Å². The zero-order chi connectivity index (χ0) is 13.4. The highest BCUT2D eigenvalue weighted by Crippen LogP contribution is 2.46. The molecule has 0 spiro atoms. The van der Waals surface area contributed by atoms with Gasteiger partial charge in [-0.15, -0.1) is 0 Å². The van der Waals surface area contributed by atoms with Gasteiger partial charge >= 0.3 is 12.2 Å². The Morgan fingerprint density at radius 1 is 1.39 bits per heavy atom. The molecule has 2 amide bonds. The van der Waals surface area contributed by atoms with E-state index in [1.54, 1.807) is 0 Å². The minimum Gasteiger partial charge on any atom is -0.336 e. The number of urea groups is 1. The minimum atomic E-state index is -4.61. The summed E-state index contributed by atoms with van der Waals surface area (Å²) in [5.41, 5.74) is 0.148. The van der Waals surface area contributed by atoms with Gasteiger partial charge < -0.3 is 5.32 Å². The maximum absolute atomic E-state index is 12.9. The van der Waals surface area contributed by atoms with E-state index in [-0.39, 0.29) is 5.70 Å². The molecule has 0 aromatic heterocycles. The summed E-state index contributed by atoms with van der Waals surface area (Å²) >= 11 is 0. The van der Waals surface area contributed by atoms with Gasteiger partial charge in [0.25, 0.3) is 0 Å². The van der Waals surface area contributed by atoms with Crippen molar-refractivity contribution in [3.63, 3.8) is 0 Å². The van der Waals surface area contributed by atoms with E-state index in [9.17, 15) is 18.0 Å². The number of allylic oxidation sites excluding steroid dienone is 5. The molecular weight excluding hydrogens is 244 g/mol. The highest BCUT2D eigenvalue weighted by atomic mass is 19.4. The van der Waals surface area contributed by atoms with Crippen LogP contribution in [-0.4, -0.2) is 38.0 Å². The van der Waals surface area contributed by atoms with Crippen molar-refractivity contribution in [1.29, 1.82) is 0 Å². The highest BCUT2D eigenvalue weighted by Gasteiger charge is 2.47. The summed E-state index contributed by atoms with van der Waals surface area (Å²) in [6.45, 7) is 0.726. The lowest BCUT2D eigenvalue weighted by molar-refractivity contribution is -0.142. The van der Waals surface area contributed by atoms with Gasteiger partial charge in [-0.05, 0) is 6.08 Å². The van der Waals surface area contributed by atoms with Crippen LogP contribution < -0.4 is 5.32 Å². The largest absolute Gasteiger partial charge is 0.393 e. The normalized spacial score (nSPS) is 28.1. The molecule has 1 N–H and O–H groups in total. The van der Waals surface area contributed by atoms with E-state index in [0.29, 0.717) is 13.1 Å². The first-order chi connectivity index (χ1) is 8.33. The molecule has 1 atom stereocenters. The summed E-state index contributed by atoms with van der Waals surface area (Å²) in [6, 6.07) is -0.419. The van der Waals surface area contributed by atoms with E-state index in [0.717, 1.165) is 12.2 Å². The molecule has 1 saturated heterocycles. The SMILES string of the molecule is [B]C1(C(F)(F)F)C=CC=CC(N2CCNC2=O)=C1. The van der Waals surface area contributed by atoms with Crippen LogP contribution in [0.3, 0.4) is 0 Å². The number of nitrogens with zero attached hydrogens (tertiary/aromatic N) is 1. The zero-order valence-corrected chi connectivity index (χ0v) is 9.37. The second-order valence-electron chi connectivity index (χ2n) is 4.10. The van der Waals surface area contributed by atoms with Gasteiger partial charge in [-0.2, -0.15) is 13.2 Å². The quantitative estimate of drug-likeness (QED) is 0.712. The van der Waals surface area contributed by atoms with Crippen LogP contribution in [0.4, 0.5) is 18.0 Å². The molecule has 0 aromatic carbocycles. The van der Waals surface area contributed by atoms with Gasteiger partial charge in [0.2, 0.25) is 0 Å². The molecule has 1 aliphatic heterocycles. The molecule has 0 bridgehead atoms. The van der Waals surface area contributed by atoms with E-state index in [4.69, 9.17) is 7.85 Å². The van der Waals surface area contributed by atoms with Crippen LogP contribution in [0.15, 0.2) is 36.1 Å². The lowest BCUT2D eigenvalue weighted by atomic mass is 9.67. The smallest absolute Gasteiger partial charge is 0.336 e. The average Bonchev–Trinajstić information content (AvgIpc) is 2.56. The van der Waals surface area contributed by atoms with Crippen molar-refractivity contribution < 1.29 is 18.0 Å². The molecule has 1 fully saturated rings. The van der Waals surface area contributed by atoms with Crippen molar-refractivity contribution in [1.82, 2.24) is 10.2 Å². The molecular formula is C11H10BF3N2O. The summed E-state index contributed by atoms with van der Waals surface area (Å²) in [6.07, 6.45) is 1.20. The fraction of sp³-hybridized carbons (Fsp3) is 0.364. The van der Waals surface area contributed by atoms with Crippen LogP contribution in [0.2, 0.25) is 5.31 Å². The molecule has 18 heavy (non-hydrogen) atoms. The number of hydrogen-bond donors (Lipinski definition) is 1. The fourth-order valence-corrected chi connectivity index (χ4v) is 1.77. The number of carbonyl (C=O) groups is 1. The van der Waals surface area contributed by atoms with Crippen LogP contribution in [-0.2, 0) is 0 Å². The topological polar surface area (TPSA) is 32.3 Å². The van der Waals surface area contributed by atoms with E-state index >= 15 is 0 Å². The molecule has 1 heterocycles. The Morgan fingerprint density at radius 2 is 2.11 bits per heavy atom. The van der Waals surface area contributed by atoms with Gasteiger partial charge in [-0.3, -0.25) is 4.90 Å². The van der Waals surface area contributed by atoms with E-state index in [1.807, 2.05) is 0 Å². The molecule has 3 nitrogen and oxygen atoms in total. The first kappa shape index (κ1) is 12.8. The summed E-state index contributed by atoms with van der Waals surface area (Å²) in [5, 5.41) is -0.0376. The summed E-state index contributed by atoms with van der Waals surface area (Å²) in [4.78, 5) is 12.7. The minimum absolute atomic E-state index is 0.148. The maximum atomic E-state index is 12.9. The standard InChI is InChI=1S/C11H10BF3N2O/c12-10(11(13,14)15)4-2-1-3-8(7-10)17-6-5-16-9(17)18/h1-4,7H,5-6H2,(H,16,18). The first-order valence-electron chi connectivity index (χ1n) is 5.33. The molecule has 1 aliphatic carbocycles. The van der Waals surface area contributed by atoms with Gasteiger partial charge in [-0.1, -0.05) is 24.3 Å². The summed E-state index contributed by atoms with van der Waals surface area (Å²) < 4.78 is 38.7.